The van der Waals surface area contributed by atoms with Gasteiger partial charge in [0.1, 0.15) is 11.4 Å². The second kappa shape index (κ2) is 7.56. The van der Waals surface area contributed by atoms with Gasteiger partial charge in [0.2, 0.25) is 0 Å². The van der Waals surface area contributed by atoms with Gasteiger partial charge in [0.15, 0.2) is 5.78 Å². The van der Waals surface area contributed by atoms with E-state index in [0.717, 1.165) is 12.8 Å². The Labute approximate surface area is 167 Å². The summed E-state index contributed by atoms with van der Waals surface area (Å²) < 4.78 is 1.46. The Hall–Kier alpha value is -2.99. The van der Waals surface area contributed by atoms with E-state index in [2.05, 4.69) is 15.4 Å². The van der Waals surface area contributed by atoms with Crippen molar-refractivity contribution in [3.05, 3.63) is 69.7 Å². The number of hydrogen-bond donors (Lipinski definition) is 1. The van der Waals surface area contributed by atoms with Crippen molar-refractivity contribution in [1.29, 1.82) is 0 Å². The summed E-state index contributed by atoms with van der Waals surface area (Å²) in [5, 5.41) is 8.19. The van der Waals surface area contributed by atoms with E-state index < -0.39 is 0 Å². The molecule has 0 spiro atoms. The van der Waals surface area contributed by atoms with E-state index in [0.29, 0.717) is 34.4 Å². The van der Waals surface area contributed by atoms with Crippen molar-refractivity contribution in [3.8, 4) is 11.3 Å². The summed E-state index contributed by atoms with van der Waals surface area (Å²) in [5.74, 6) is 0.209. The van der Waals surface area contributed by atoms with Crippen molar-refractivity contribution >= 4 is 28.8 Å². The molecule has 1 fully saturated rings. The second-order valence-corrected chi connectivity index (χ2v) is 7.40. The molecule has 2 aromatic heterocycles. The van der Waals surface area contributed by atoms with Crippen molar-refractivity contribution in [3.63, 3.8) is 0 Å². The lowest BCUT2D eigenvalue weighted by Gasteiger charge is -2.16. The minimum Gasteiger partial charge on any atom is -0.350 e. The Morgan fingerprint density at radius 2 is 2.11 bits per heavy atom. The number of carbonyl (C=O) groups excluding carboxylic acids is 1. The lowest BCUT2D eigenvalue weighted by molar-refractivity contribution is 0.101. The van der Waals surface area contributed by atoms with E-state index in [-0.39, 0.29) is 22.6 Å². The Bertz CT molecular complexity index is 1090. The SMILES string of the molecule is CC(=O)c1c(-c2cccnc2)nn(CC2CC2)c(=O)c1Nc1cccc(Cl)c1. The number of nitrogens with zero attached hydrogens (tertiary/aromatic N) is 3. The number of benzene rings is 1. The maximum atomic E-state index is 13.2. The standard InChI is InChI=1S/C21H19ClN4O2/c1-13(27)18-19(15-4-3-9-23-11-15)25-26(12-14-7-8-14)21(28)20(18)24-17-6-2-5-16(22)10-17/h2-6,9-11,14,24H,7-8,12H2,1H3. The molecule has 0 saturated heterocycles. The van der Waals surface area contributed by atoms with Gasteiger partial charge >= 0.3 is 0 Å². The van der Waals surface area contributed by atoms with Gasteiger partial charge in [-0.25, -0.2) is 4.68 Å². The van der Waals surface area contributed by atoms with Crippen LogP contribution in [0.15, 0.2) is 53.6 Å². The van der Waals surface area contributed by atoms with Gasteiger partial charge in [-0.3, -0.25) is 14.6 Å². The van der Waals surface area contributed by atoms with Gasteiger partial charge < -0.3 is 5.32 Å². The number of hydrogen-bond acceptors (Lipinski definition) is 5. The normalized spacial score (nSPS) is 13.4. The fourth-order valence-corrected chi connectivity index (χ4v) is 3.30. The number of carbonyl (C=O) groups is 1. The van der Waals surface area contributed by atoms with Crippen LogP contribution in [-0.2, 0) is 6.54 Å². The minimum absolute atomic E-state index is 0.212. The predicted octanol–water partition coefficient (Wildman–Crippen LogP) is 4.31. The van der Waals surface area contributed by atoms with Crippen LogP contribution in [0.1, 0.15) is 30.1 Å². The number of anilines is 2. The van der Waals surface area contributed by atoms with Gasteiger partial charge in [0.25, 0.3) is 5.56 Å². The molecule has 0 atom stereocenters. The van der Waals surface area contributed by atoms with E-state index >= 15 is 0 Å². The average Bonchev–Trinajstić information content (AvgIpc) is 3.49. The molecule has 1 saturated carbocycles. The lowest BCUT2D eigenvalue weighted by atomic mass is 10.0. The molecule has 0 aliphatic heterocycles. The molecule has 0 bridgehead atoms. The topological polar surface area (TPSA) is 76.9 Å². The molecule has 0 unspecified atom stereocenters. The van der Waals surface area contributed by atoms with E-state index in [1.165, 1.54) is 11.6 Å². The van der Waals surface area contributed by atoms with Crippen LogP contribution in [0.5, 0.6) is 0 Å². The Morgan fingerprint density at radius 3 is 2.75 bits per heavy atom. The largest absolute Gasteiger partial charge is 0.350 e. The quantitative estimate of drug-likeness (QED) is 0.630. The van der Waals surface area contributed by atoms with Crippen molar-refractivity contribution < 1.29 is 4.79 Å². The molecule has 3 aromatic rings. The number of halogens is 1. The van der Waals surface area contributed by atoms with Crippen LogP contribution in [0.4, 0.5) is 11.4 Å². The van der Waals surface area contributed by atoms with Crippen LogP contribution in [-0.4, -0.2) is 20.5 Å². The summed E-state index contributed by atoms with van der Waals surface area (Å²) >= 11 is 6.08. The molecule has 1 aliphatic rings. The smallest absolute Gasteiger partial charge is 0.291 e. The Balaban J connectivity index is 1.93. The molecule has 1 aromatic carbocycles. The maximum Gasteiger partial charge on any atom is 0.291 e. The first-order valence-corrected chi connectivity index (χ1v) is 9.50. The third-order valence-electron chi connectivity index (χ3n) is 4.66. The summed E-state index contributed by atoms with van der Waals surface area (Å²) in [6, 6.07) is 10.6. The highest BCUT2D eigenvalue weighted by Gasteiger charge is 2.27. The number of rotatable bonds is 6. The monoisotopic (exact) mass is 394 g/mol. The second-order valence-electron chi connectivity index (χ2n) is 6.96. The molecule has 1 aliphatic carbocycles. The molecule has 0 radical (unpaired) electrons. The zero-order chi connectivity index (χ0) is 19.7. The first kappa shape index (κ1) is 18.4. The van der Waals surface area contributed by atoms with E-state index in [4.69, 9.17) is 11.6 Å². The minimum atomic E-state index is -0.315. The van der Waals surface area contributed by atoms with E-state index in [1.54, 1.807) is 42.7 Å². The third kappa shape index (κ3) is 3.82. The number of Topliss-reactive ketones (excluding diaryl/α,β-unsaturated/α-hetero) is 1. The number of pyridine rings is 1. The molecule has 6 nitrogen and oxygen atoms in total. The highest BCUT2D eigenvalue weighted by molar-refractivity contribution is 6.30. The summed E-state index contributed by atoms with van der Waals surface area (Å²) in [5.41, 5.74) is 1.92. The van der Waals surface area contributed by atoms with Gasteiger partial charge in [-0.2, -0.15) is 5.10 Å². The van der Waals surface area contributed by atoms with Crippen LogP contribution in [0, 0.1) is 5.92 Å². The van der Waals surface area contributed by atoms with Crippen LogP contribution < -0.4 is 10.9 Å². The van der Waals surface area contributed by atoms with Gasteiger partial charge in [-0.05, 0) is 56.0 Å². The van der Waals surface area contributed by atoms with Crippen molar-refractivity contribution in [2.24, 2.45) is 5.92 Å². The first-order chi connectivity index (χ1) is 13.5. The van der Waals surface area contributed by atoms with Crippen LogP contribution >= 0.6 is 11.6 Å². The fourth-order valence-electron chi connectivity index (χ4n) is 3.11. The average molecular weight is 395 g/mol. The molecule has 28 heavy (non-hydrogen) atoms. The van der Waals surface area contributed by atoms with Gasteiger partial charge in [0, 0.05) is 35.2 Å². The number of aromatic nitrogens is 3. The summed E-state index contributed by atoms with van der Waals surface area (Å²) in [4.78, 5) is 29.8. The van der Waals surface area contributed by atoms with Gasteiger partial charge in [-0.15, -0.1) is 0 Å². The molecule has 2 heterocycles. The Morgan fingerprint density at radius 1 is 1.29 bits per heavy atom. The molecular weight excluding hydrogens is 376 g/mol. The van der Waals surface area contributed by atoms with Crippen LogP contribution in [0.25, 0.3) is 11.3 Å². The molecule has 0 amide bonds. The summed E-state index contributed by atoms with van der Waals surface area (Å²) in [7, 11) is 0. The highest BCUT2D eigenvalue weighted by Crippen LogP contribution is 2.32. The number of nitrogens with one attached hydrogen (secondary N) is 1. The van der Waals surface area contributed by atoms with Crippen LogP contribution in [0.3, 0.4) is 0 Å². The third-order valence-corrected chi connectivity index (χ3v) is 4.90. The van der Waals surface area contributed by atoms with Gasteiger partial charge in [0.05, 0.1) is 5.56 Å². The fraction of sp³-hybridized carbons (Fsp3) is 0.238. The van der Waals surface area contributed by atoms with E-state index in [9.17, 15) is 9.59 Å². The van der Waals surface area contributed by atoms with Crippen molar-refractivity contribution in [1.82, 2.24) is 14.8 Å². The molecule has 4 rings (SSSR count). The Kier molecular flexibility index (Phi) is 4.96. The predicted molar refractivity (Wildman–Crippen MR) is 109 cm³/mol. The molecular formula is C21H19ClN4O2. The van der Waals surface area contributed by atoms with Crippen molar-refractivity contribution in [2.75, 3.05) is 5.32 Å². The van der Waals surface area contributed by atoms with Gasteiger partial charge in [-0.1, -0.05) is 17.7 Å². The van der Waals surface area contributed by atoms with Crippen LogP contribution in [0.2, 0.25) is 5.02 Å². The van der Waals surface area contributed by atoms with Crippen molar-refractivity contribution in [2.45, 2.75) is 26.3 Å². The number of ketones is 1. The molecule has 1 N–H and O–H groups in total. The zero-order valence-electron chi connectivity index (χ0n) is 15.4. The summed E-state index contributed by atoms with van der Waals surface area (Å²) in [6.45, 7) is 1.97. The first-order valence-electron chi connectivity index (χ1n) is 9.12. The molecule has 7 heteroatoms. The summed E-state index contributed by atoms with van der Waals surface area (Å²) in [6.07, 6.45) is 5.47. The van der Waals surface area contributed by atoms with E-state index in [1.807, 2.05) is 6.07 Å². The maximum absolute atomic E-state index is 13.2. The highest BCUT2D eigenvalue weighted by atomic mass is 35.5. The molecule has 142 valence electrons. The zero-order valence-corrected chi connectivity index (χ0v) is 16.1. The lowest BCUT2D eigenvalue weighted by Crippen LogP contribution is -2.29.